The molecule has 17 heavy (non-hydrogen) atoms. The summed E-state index contributed by atoms with van der Waals surface area (Å²) in [6, 6.07) is 0. The first-order valence-electron chi connectivity index (χ1n) is 6.68. The Hall–Kier alpha value is -0.860. The highest BCUT2D eigenvalue weighted by Crippen LogP contribution is 2.43. The number of carbonyl (C=O) groups excluding carboxylic acids is 2. The molecule has 0 aromatic heterocycles. The van der Waals surface area contributed by atoms with Crippen LogP contribution in [0.5, 0.6) is 0 Å². The van der Waals surface area contributed by atoms with Gasteiger partial charge in [-0.15, -0.1) is 0 Å². The van der Waals surface area contributed by atoms with Gasteiger partial charge in [-0.1, -0.05) is 20.8 Å². The quantitative estimate of drug-likeness (QED) is 0.648. The largest absolute Gasteiger partial charge is 0.342 e. The lowest BCUT2D eigenvalue weighted by Crippen LogP contribution is -2.48. The van der Waals surface area contributed by atoms with Crippen molar-refractivity contribution >= 4 is 11.7 Å². The first kappa shape index (κ1) is 12.6. The van der Waals surface area contributed by atoms with Crippen LogP contribution in [0.3, 0.4) is 0 Å². The van der Waals surface area contributed by atoms with Crippen LogP contribution in [0.25, 0.3) is 0 Å². The number of Topliss-reactive ketones (excluding diaryl/α,β-unsaturated/α-hetero) is 1. The molecule has 1 saturated carbocycles. The monoisotopic (exact) mass is 237 g/mol. The van der Waals surface area contributed by atoms with Crippen LogP contribution in [0.1, 0.15) is 52.9 Å². The van der Waals surface area contributed by atoms with Crippen LogP contribution in [-0.4, -0.2) is 29.7 Å². The lowest BCUT2D eigenvalue weighted by Gasteiger charge is -2.40. The fourth-order valence-electron chi connectivity index (χ4n) is 3.13. The molecule has 0 aromatic carbocycles. The third-order valence-electron chi connectivity index (χ3n) is 4.30. The number of ketones is 1. The zero-order valence-corrected chi connectivity index (χ0v) is 11.2. The summed E-state index contributed by atoms with van der Waals surface area (Å²) in [6.07, 6.45) is 4.62. The average Bonchev–Trinajstić information content (AvgIpc) is 2.60. The predicted molar refractivity (Wildman–Crippen MR) is 66.6 cm³/mol. The van der Waals surface area contributed by atoms with E-state index in [1.165, 1.54) is 0 Å². The van der Waals surface area contributed by atoms with Crippen molar-refractivity contribution in [1.82, 2.24) is 4.90 Å². The normalized spacial score (nSPS) is 24.4. The van der Waals surface area contributed by atoms with Crippen molar-refractivity contribution in [2.75, 3.05) is 13.1 Å². The van der Waals surface area contributed by atoms with E-state index >= 15 is 0 Å². The smallest absolute Gasteiger partial charge is 0.227 e. The van der Waals surface area contributed by atoms with Gasteiger partial charge < -0.3 is 4.90 Å². The van der Waals surface area contributed by atoms with Crippen LogP contribution < -0.4 is 0 Å². The van der Waals surface area contributed by atoms with Gasteiger partial charge in [-0.05, 0) is 25.7 Å². The first-order chi connectivity index (χ1) is 7.85. The summed E-state index contributed by atoms with van der Waals surface area (Å²) in [7, 11) is 0. The van der Waals surface area contributed by atoms with Crippen molar-refractivity contribution in [2.24, 2.45) is 10.8 Å². The summed E-state index contributed by atoms with van der Waals surface area (Å²) in [5, 5.41) is 0. The standard InChI is InChI=1S/C14H23NO2/c1-13(2,3)12(17)15-9-7-14(8-10-15)6-4-5-11(14)16/h4-10H2,1-3H3. The maximum Gasteiger partial charge on any atom is 0.227 e. The number of hydrogen-bond donors (Lipinski definition) is 0. The highest BCUT2D eigenvalue weighted by Gasteiger charge is 2.45. The molecular formula is C14H23NO2. The zero-order chi connectivity index (χ0) is 12.7. The minimum Gasteiger partial charge on any atom is -0.342 e. The molecule has 2 aliphatic rings. The molecule has 3 nitrogen and oxygen atoms in total. The summed E-state index contributed by atoms with van der Waals surface area (Å²) in [5.74, 6) is 0.665. The molecular weight excluding hydrogens is 214 g/mol. The van der Waals surface area contributed by atoms with E-state index < -0.39 is 0 Å². The number of carbonyl (C=O) groups is 2. The third kappa shape index (κ3) is 2.24. The Morgan fingerprint density at radius 3 is 2.18 bits per heavy atom. The third-order valence-corrected chi connectivity index (χ3v) is 4.30. The minimum atomic E-state index is -0.301. The molecule has 0 bridgehead atoms. The Morgan fingerprint density at radius 2 is 1.76 bits per heavy atom. The van der Waals surface area contributed by atoms with Gasteiger partial charge in [0.05, 0.1) is 0 Å². The van der Waals surface area contributed by atoms with Gasteiger partial charge in [0, 0.05) is 30.3 Å². The van der Waals surface area contributed by atoms with Gasteiger partial charge in [-0.3, -0.25) is 9.59 Å². The fourth-order valence-corrected chi connectivity index (χ4v) is 3.13. The molecule has 96 valence electrons. The average molecular weight is 237 g/mol. The Kier molecular flexibility index (Phi) is 3.04. The number of nitrogens with zero attached hydrogens (tertiary/aromatic N) is 1. The molecule has 1 spiro atoms. The molecule has 0 atom stereocenters. The van der Waals surface area contributed by atoms with Gasteiger partial charge in [0.15, 0.2) is 0 Å². The van der Waals surface area contributed by atoms with Crippen LogP contribution in [0, 0.1) is 10.8 Å². The molecule has 0 radical (unpaired) electrons. The summed E-state index contributed by atoms with van der Waals surface area (Å²) in [4.78, 5) is 26.0. The maximum absolute atomic E-state index is 12.1. The molecule has 1 aliphatic carbocycles. The number of hydrogen-bond acceptors (Lipinski definition) is 2. The molecule has 3 heteroatoms. The highest BCUT2D eigenvalue weighted by molar-refractivity contribution is 5.87. The van der Waals surface area contributed by atoms with Crippen LogP contribution in [0.15, 0.2) is 0 Å². The summed E-state index contributed by atoms with van der Waals surface area (Å²) in [5.41, 5.74) is -0.362. The van der Waals surface area contributed by atoms with E-state index in [9.17, 15) is 9.59 Å². The number of likely N-dealkylation sites (tertiary alicyclic amines) is 1. The molecule has 1 saturated heterocycles. The van der Waals surface area contributed by atoms with Crippen LogP contribution in [0.4, 0.5) is 0 Å². The van der Waals surface area contributed by atoms with E-state index in [0.29, 0.717) is 5.78 Å². The molecule has 0 unspecified atom stereocenters. The van der Waals surface area contributed by atoms with Gasteiger partial charge in [0.1, 0.15) is 5.78 Å². The lowest BCUT2D eigenvalue weighted by atomic mass is 9.76. The van der Waals surface area contributed by atoms with Gasteiger partial charge in [-0.25, -0.2) is 0 Å². The van der Waals surface area contributed by atoms with Crippen molar-refractivity contribution in [3.8, 4) is 0 Å². The number of rotatable bonds is 0. The van der Waals surface area contributed by atoms with Gasteiger partial charge in [0.2, 0.25) is 5.91 Å². The highest BCUT2D eigenvalue weighted by atomic mass is 16.2. The van der Waals surface area contributed by atoms with Crippen LogP contribution in [-0.2, 0) is 9.59 Å². The second-order valence-electron chi connectivity index (χ2n) is 6.60. The van der Waals surface area contributed by atoms with Crippen molar-refractivity contribution in [1.29, 1.82) is 0 Å². The second kappa shape index (κ2) is 4.11. The van der Waals surface area contributed by atoms with Crippen LogP contribution >= 0.6 is 0 Å². The van der Waals surface area contributed by atoms with Crippen molar-refractivity contribution < 1.29 is 9.59 Å². The van der Waals surface area contributed by atoms with E-state index in [-0.39, 0.29) is 16.7 Å². The minimum absolute atomic E-state index is 0.0608. The van der Waals surface area contributed by atoms with E-state index in [1.54, 1.807) is 0 Å². The fraction of sp³-hybridized carbons (Fsp3) is 0.857. The second-order valence-corrected chi connectivity index (χ2v) is 6.60. The SMILES string of the molecule is CC(C)(C)C(=O)N1CCC2(CCCC2=O)CC1. The first-order valence-corrected chi connectivity index (χ1v) is 6.68. The van der Waals surface area contributed by atoms with Crippen molar-refractivity contribution in [3.05, 3.63) is 0 Å². The molecule has 1 heterocycles. The molecule has 0 N–H and O–H groups in total. The van der Waals surface area contributed by atoms with Gasteiger partial charge >= 0.3 is 0 Å². The summed E-state index contributed by atoms with van der Waals surface area (Å²) in [6.45, 7) is 7.41. The Balaban J connectivity index is 1.99. The molecule has 1 amide bonds. The number of piperidine rings is 1. The van der Waals surface area contributed by atoms with E-state index in [1.807, 2.05) is 25.7 Å². The summed E-state index contributed by atoms with van der Waals surface area (Å²) < 4.78 is 0. The van der Waals surface area contributed by atoms with Gasteiger partial charge in [0.25, 0.3) is 0 Å². The Bertz CT molecular complexity index is 333. The predicted octanol–water partition coefficient (Wildman–Crippen LogP) is 2.39. The summed E-state index contributed by atoms with van der Waals surface area (Å²) >= 11 is 0. The zero-order valence-electron chi connectivity index (χ0n) is 11.2. The lowest BCUT2D eigenvalue weighted by molar-refractivity contribution is -0.144. The van der Waals surface area contributed by atoms with Gasteiger partial charge in [-0.2, -0.15) is 0 Å². The van der Waals surface area contributed by atoms with E-state index in [0.717, 1.165) is 45.2 Å². The van der Waals surface area contributed by atoms with E-state index in [2.05, 4.69) is 0 Å². The topological polar surface area (TPSA) is 37.4 Å². The van der Waals surface area contributed by atoms with Crippen molar-refractivity contribution in [2.45, 2.75) is 52.9 Å². The van der Waals surface area contributed by atoms with E-state index in [4.69, 9.17) is 0 Å². The molecule has 0 aromatic rings. The Morgan fingerprint density at radius 1 is 1.18 bits per heavy atom. The van der Waals surface area contributed by atoms with Crippen molar-refractivity contribution in [3.63, 3.8) is 0 Å². The Labute approximate surface area is 104 Å². The maximum atomic E-state index is 12.1. The molecule has 2 rings (SSSR count). The number of amides is 1. The van der Waals surface area contributed by atoms with Crippen LogP contribution in [0.2, 0.25) is 0 Å². The molecule has 2 fully saturated rings. The molecule has 1 aliphatic heterocycles.